The number of rotatable bonds is 5. The molecule has 0 saturated carbocycles. The van der Waals surface area contributed by atoms with Crippen LogP contribution in [0.4, 0.5) is 5.69 Å². The molecule has 2 N–H and O–H groups in total. The molecule has 0 bridgehead atoms. The number of pyridine rings is 1. The number of aryl methyl sites for hydroxylation is 1. The highest BCUT2D eigenvalue weighted by Gasteiger charge is 2.18. The van der Waals surface area contributed by atoms with E-state index in [0.717, 1.165) is 39.0 Å². The maximum Gasteiger partial charge on any atom is 0.188 e. The van der Waals surface area contributed by atoms with Gasteiger partial charge >= 0.3 is 0 Å². The minimum atomic E-state index is -0.0405. The summed E-state index contributed by atoms with van der Waals surface area (Å²) in [6, 6.07) is 26.2. The van der Waals surface area contributed by atoms with Crippen molar-refractivity contribution >= 4 is 28.4 Å². The minimum absolute atomic E-state index is 0. The molecule has 0 saturated heterocycles. The lowest BCUT2D eigenvalue weighted by Crippen LogP contribution is -2.08. The van der Waals surface area contributed by atoms with Crippen molar-refractivity contribution < 1.29 is 10.3 Å². The Morgan fingerprint density at radius 1 is 0.871 bits per heavy atom. The number of hydrogen-bond donors (Lipinski definition) is 0. The summed E-state index contributed by atoms with van der Waals surface area (Å²) in [5.41, 5.74) is 6.36. The average Bonchev–Trinajstić information content (AvgIpc) is 2.77. The van der Waals surface area contributed by atoms with Crippen LogP contribution in [-0.2, 0) is 0 Å². The number of carbonyl (C=O) groups excluding carboxylic acids is 1. The molecular weight excluding hydrogens is 384 g/mol. The molecule has 1 aromatic heterocycles. The Balaban J connectivity index is 0.00000272. The van der Waals surface area contributed by atoms with Gasteiger partial charge in [0.05, 0.1) is 11.1 Å². The normalized spacial score (nSPS) is 10.8. The van der Waals surface area contributed by atoms with Gasteiger partial charge in [0.1, 0.15) is 0 Å². The van der Waals surface area contributed by atoms with E-state index in [4.69, 9.17) is 4.98 Å². The molecule has 4 aromatic rings. The molecule has 0 radical (unpaired) electrons. The predicted molar refractivity (Wildman–Crippen MR) is 130 cm³/mol. The number of nitrogens with zero attached hydrogens (tertiary/aromatic N) is 2. The lowest BCUT2D eigenvalue weighted by molar-refractivity contribution is 0.104. The number of fused-ring (bicyclic) bond motifs is 1. The van der Waals surface area contributed by atoms with Gasteiger partial charge in [-0.3, -0.25) is 9.78 Å². The number of aromatic nitrogens is 1. The zero-order chi connectivity index (χ0) is 21.1. The standard InChI is InChI=1S/C27H24N2O.H2O/c1-19-26(25(30)18-15-20-13-16-22(17-14-20)29(2)3)27(21-9-5-4-6-10-21)23-11-7-8-12-24(23)28-19;/h4-18H,1-3H3;1H2/b18-15+;. The fourth-order valence-corrected chi connectivity index (χ4v) is 3.68. The number of carbonyl (C=O) groups is 1. The van der Waals surface area contributed by atoms with Crippen molar-refractivity contribution in [3.8, 4) is 11.1 Å². The molecule has 0 atom stereocenters. The summed E-state index contributed by atoms with van der Waals surface area (Å²) >= 11 is 0. The lowest BCUT2D eigenvalue weighted by Gasteiger charge is -2.14. The topological polar surface area (TPSA) is 64.7 Å². The van der Waals surface area contributed by atoms with Crippen LogP contribution in [0.3, 0.4) is 0 Å². The molecule has 156 valence electrons. The van der Waals surface area contributed by atoms with Crippen LogP contribution in [0.5, 0.6) is 0 Å². The smallest absolute Gasteiger partial charge is 0.188 e. The Morgan fingerprint density at radius 2 is 1.52 bits per heavy atom. The number of ketones is 1. The van der Waals surface area contributed by atoms with E-state index in [1.54, 1.807) is 6.08 Å². The number of para-hydroxylation sites is 1. The number of anilines is 1. The third kappa shape index (κ3) is 4.55. The summed E-state index contributed by atoms with van der Waals surface area (Å²) in [4.78, 5) is 20.1. The molecule has 4 rings (SSSR count). The minimum Gasteiger partial charge on any atom is -0.412 e. The van der Waals surface area contributed by atoms with Gasteiger partial charge in [-0.05, 0) is 42.3 Å². The second-order valence-electron chi connectivity index (χ2n) is 7.51. The van der Waals surface area contributed by atoms with Crippen molar-refractivity contribution in [1.29, 1.82) is 0 Å². The molecule has 0 aliphatic carbocycles. The van der Waals surface area contributed by atoms with E-state index in [9.17, 15) is 4.79 Å². The van der Waals surface area contributed by atoms with Gasteiger partial charge in [0.15, 0.2) is 5.78 Å². The summed E-state index contributed by atoms with van der Waals surface area (Å²) in [6.45, 7) is 1.91. The molecule has 0 spiro atoms. The largest absolute Gasteiger partial charge is 0.412 e. The van der Waals surface area contributed by atoms with Gasteiger partial charge in [0.2, 0.25) is 0 Å². The second-order valence-corrected chi connectivity index (χ2v) is 7.51. The molecular formula is C27H26N2O2. The van der Waals surface area contributed by atoms with Crippen LogP contribution in [0.2, 0.25) is 0 Å². The molecule has 0 aliphatic heterocycles. The Bertz CT molecular complexity index is 1230. The summed E-state index contributed by atoms with van der Waals surface area (Å²) in [5, 5.41) is 0.987. The maximum atomic E-state index is 13.3. The van der Waals surface area contributed by atoms with Crippen LogP contribution in [0, 0.1) is 6.92 Å². The van der Waals surface area contributed by atoms with Crippen LogP contribution in [0.15, 0.2) is 84.9 Å². The Morgan fingerprint density at radius 3 is 2.19 bits per heavy atom. The summed E-state index contributed by atoms with van der Waals surface area (Å²) in [7, 11) is 4.02. The van der Waals surface area contributed by atoms with Gasteiger partial charge in [-0.15, -0.1) is 0 Å². The third-order valence-corrected chi connectivity index (χ3v) is 5.22. The Labute approximate surface area is 182 Å². The van der Waals surface area contributed by atoms with Crippen molar-refractivity contribution in [1.82, 2.24) is 4.98 Å². The molecule has 31 heavy (non-hydrogen) atoms. The van der Waals surface area contributed by atoms with Crippen molar-refractivity contribution in [2.45, 2.75) is 6.92 Å². The summed E-state index contributed by atoms with van der Waals surface area (Å²) in [5.74, 6) is -0.0405. The Hall–Kier alpha value is -3.76. The summed E-state index contributed by atoms with van der Waals surface area (Å²) < 4.78 is 0. The zero-order valence-electron chi connectivity index (χ0n) is 18.0. The highest BCUT2D eigenvalue weighted by Crippen LogP contribution is 2.33. The molecule has 0 unspecified atom stereocenters. The van der Waals surface area contributed by atoms with E-state index in [1.165, 1.54) is 0 Å². The Kier molecular flexibility index (Phi) is 6.63. The van der Waals surface area contributed by atoms with Crippen molar-refractivity contribution in [3.63, 3.8) is 0 Å². The summed E-state index contributed by atoms with van der Waals surface area (Å²) in [6.07, 6.45) is 3.51. The molecule has 0 aliphatic rings. The van der Waals surface area contributed by atoms with E-state index >= 15 is 0 Å². The number of benzene rings is 3. The second kappa shape index (κ2) is 9.37. The molecule has 1 heterocycles. The average molecular weight is 411 g/mol. The van der Waals surface area contributed by atoms with Crippen LogP contribution in [0.25, 0.3) is 28.1 Å². The zero-order valence-corrected chi connectivity index (χ0v) is 18.0. The molecule has 4 heteroatoms. The van der Waals surface area contributed by atoms with Crippen LogP contribution in [-0.4, -0.2) is 30.3 Å². The quantitative estimate of drug-likeness (QED) is 0.329. The van der Waals surface area contributed by atoms with Crippen LogP contribution < -0.4 is 4.90 Å². The molecule has 4 nitrogen and oxygen atoms in total. The first-order valence-electron chi connectivity index (χ1n) is 9.99. The van der Waals surface area contributed by atoms with E-state index in [0.29, 0.717) is 5.56 Å². The predicted octanol–water partition coefficient (Wildman–Crippen LogP) is 5.35. The van der Waals surface area contributed by atoms with E-state index in [-0.39, 0.29) is 11.3 Å². The molecule has 0 amide bonds. The van der Waals surface area contributed by atoms with Crippen LogP contribution >= 0.6 is 0 Å². The van der Waals surface area contributed by atoms with E-state index in [1.807, 2.05) is 106 Å². The number of allylic oxidation sites excluding steroid dienone is 1. The number of hydrogen-bond acceptors (Lipinski definition) is 3. The fourth-order valence-electron chi connectivity index (χ4n) is 3.68. The monoisotopic (exact) mass is 410 g/mol. The maximum absolute atomic E-state index is 13.3. The highest BCUT2D eigenvalue weighted by molar-refractivity contribution is 6.16. The van der Waals surface area contributed by atoms with Gasteiger partial charge in [0, 0.05) is 36.4 Å². The van der Waals surface area contributed by atoms with Crippen molar-refractivity contribution in [2.24, 2.45) is 0 Å². The van der Waals surface area contributed by atoms with E-state index < -0.39 is 0 Å². The van der Waals surface area contributed by atoms with Crippen molar-refractivity contribution in [3.05, 3.63) is 102 Å². The molecule has 0 fully saturated rings. The third-order valence-electron chi connectivity index (χ3n) is 5.22. The molecule has 3 aromatic carbocycles. The van der Waals surface area contributed by atoms with Gasteiger partial charge in [0.25, 0.3) is 0 Å². The highest BCUT2D eigenvalue weighted by atomic mass is 16.1. The van der Waals surface area contributed by atoms with Gasteiger partial charge < -0.3 is 10.4 Å². The van der Waals surface area contributed by atoms with E-state index in [2.05, 4.69) is 4.90 Å². The van der Waals surface area contributed by atoms with Gasteiger partial charge in [-0.2, -0.15) is 0 Å². The SMILES string of the molecule is Cc1nc2ccccc2c(-c2ccccc2)c1C(=O)/C=C/c1ccc(N(C)C)cc1.O. The first-order valence-corrected chi connectivity index (χ1v) is 9.99. The lowest BCUT2D eigenvalue weighted by atomic mass is 9.92. The fraction of sp³-hybridized carbons (Fsp3) is 0.111. The first-order chi connectivity index (χ1) is 14.5. The van der Waals surface area contributed by atoms with Gasteiger partial charge in [-0.1, -0.05) is 66.7 Å². The van der Waals surface area contributed by atoms with Crippen LogP contribution in [0.1, 0.15) is 21.6 Å². The first kappa shape index (κ1) is 21.9. The van der Waals surface area contributed by atoms with Gasteiger partial charge in [-0.25, -0.2) is 0 Å². The van der Waals surface area contributed by atoms with Crippen molar-refractivity contribution in [2.75, 3.05) is 19.0 Å².